The van der Waals surface area contributed by atoms with Gasteiger partial charge in [0.15, 0.2) is 5.75 Å². The molecular formula is C21H26N6O4S. The molecule has 0 aliphatic heterocycles. The summed E-state index contributed by atoms with van der Waals surface area (Å²) in [5, 5.41) is 3.05. The molecule has 0 radical (unpaired) electrons. The number of nitrogen functional groups attached to an aromatic ring is 2. The zero-order chi connectivity index (χ0) is 23.3. The lowest BCUT2D eigenvalue weighted by molar-refractivity contribution is 0.340. The van der Waals surface area contributed by atoms with E-state index in [4.69, 9.17) is 20.4 Å². The topological polar surface area (TPSA) is 154 Å². The van der Waals surface area contributed by atoms with E-state index in [0.29, 0.717) is 35.5 Å². The van der Waals surface area contributed by atoms with Crippen molar-refractivity contribution in [2.24, 2.45) is 0 Å². The van der Waals surface area contributed by atoms with Gasteiger partial charge in [0.05, 0.1) is 12.2 Å². The van der Waals surface area contributed by atoms with Crippen molar-refractivity contribution in [2.75, 3.05) is 37.5 Å². The van der Waals surface area contributed by atoms with Crippen LogP contribution < -0.4 is 30.4 Å². The normalized spacial score (nSPS) is 11.2. The van der Waals surface area contributed by atoms with Crippen LogP contribution in [-0.4, -0.2) is 39.1 Å². The highest BCUT2D eigenvalue weighted by Gasteiger charge is 2.21. The van der Waals surface area contributed by atoms with E-state index in [1.54, 1.807) is 6.07 Å². The molecule has 0 aliphatic carbocycles. The van der Waals surface area contributed by atoms with Gasteiger partial charge in [-0.3, -0.25) is 0 Å². The summed E-state index contributed by atoms with van der Waals surface area (Å²) >= 11 is 0. The number of rotatable bonds is 9. The maximum atomic E-state index is 12.2. The number of nitrogens with one attached hydrogen (secondary N) is 2. The molecule has 170 valence electrons. The Morgan fingerprint density at radius 3 is 2.34 bits per heavy atom. The molecule has 0 saturated carbocycles. The van der Waals surface area contributed by atoms with Crippen LogP contribution in [0.15, 0.2) is 42.6 Å². The van der Waals surface area contributed by atoms with Gasteiger partial charge in [0.25, 0.3) is 0 Å². The number of hydrogen-bond acceptors (Lipinski definition) is 9. The molecule has 0 unspecified atom stereocenters. The van der Waals surface area contributed by atoms with Crippen LogP contribution >= 0.6 is 0 Å². The zero-order valence-electron chi connectivity index (χ0n) is 18.0. The summed E-state index contributed by atoms with van der Waals surface area (Å²) in [4.78, 5) is 7.96. The molecule has 6 N–H and O–H groups in total. The van der Waals surface area contributed by atoms with Gasteiger partial charge in [-0.2, -0.15) is 18.1 Å². The molecule has 0 fully saturated rings. The molecule has 3 rings (SSSR count). The molecule has 2 aromatic carbocycles. The Morgan fingerprint density at radius 2 is 1.75 bits per heavy atom. The molecular weight excluding hydrogens is 432 g/mol. The molecule has 32 heavy (non-hydrogen) atoms. The fraction of sp³-hybridized carbons (Fsp3) is 0.238. The Bertz CT molecular complexity index is 1200. The molecule has 0 aliphatic rings. The summed E-state index contributed by atoms with van der Waals surface area (Å²) in [5.74, 6) is 0.907. The average Bonchev–Trinajstić information content (AvgIpc) is 2.76. The largest absolute Gasteiger partial charge is 0.493 e. The van der Waals surface area contributed by atoms with Crippen molar-refractivity contribution < 1.29 is 17.3 Å². The van der Waals surface area contributed by atoms with Gasteiger partial charge >= 0.3 is 10.3 Å². The molecule has 3 aromatic rings. The van der Waals surface area contributed by atoms with E-state index >= 15 is 0 Å². The Kier molecular flexibility index (Phi) is 7.01. The van der Waals surface area contributed by atoms with Crippen LogP contribution in [0.25, 0.3) is 11.1 Å². The highest BCUT2D eigenvalue weighted by atomic mass is 32.2. The highest BCUT2D eigenvalue weighted by molar-refractivity contribution is 7.85. The van der Waals surface area contributed by atoms with Crippen molar-refractivity contribution in [2.45, 2.75) is 13.3 Å². The fourth-order valence-electron chi connectivity index (χ4n) is 3.12. The lowest BCUT2D eigenvalue weighted by atomic mass is 9.98. The first-order valence-electron chi connectivity index (χ1n) is 9.84. The maximum absolute atomic E-state index is 12.2. The van der Waals surface area contributed by atoms with E-state index in [2.05, 4.69) is 20.0 Å². The SMILES string of the molecule is CCOc1cc(Cc2cnc(N)nc2N)cc(OS(=O)(=O)NC)c1-c1ccc(NC)cc1. The minimum absolute atomic E-state index is 0.0748. The number of nitrogens with zero attached hydrogens (tertiary/aromatic N) is 2. The lowest BCUT2D eigenvalue weighted by Crippen LogP contribution is -2.24. The van der Waals surface area contributed by atoms with Gasteiger partial charge in [-0.25, -0.2) is 4.98 Å². The number of hydrogen-bond donors (Lipinski definition) is 4. The zero-order valence-corrected chi connectivity index (χ0v) is 18.9. The van der Waals surface area contributed by atoms with Crippen LogP contribution in [0.4, 0.5) is 17.5 Å². The van der Waals surface area contributed by atoms with Crippen LogP contribution in [-0.2, 0) is 16.7 Å². The van der Waals surface area contributed by atoms with E-state index in [0.717, 1.165) is 11.3 Å². The molecule has 0 atom stereocenters. The second-order valence-corrected chi connectivity index (χ2v) is 8.27. The molecule has 10 nitrogen and oxygen atoms in total. The fourth-order valence-corrected chi connectivity index (χ4v) is 3.57. The van der Waals surface area contributed by atoms with Crippen LogP contribution in [0.2, 0.25) is 0 Å². The van der Waals surface area contributed by atoms with Crippen molar-refractivity contribution in [1.82, 2.24) is 14.7 Å². The Hall–Kier alpha value is -3.57. The van der Waals surface area contributed by atoms with Gasteiger partial charge in [0.1, 0.15) is 11.6 Å². The number of ether oxygens (including phenoxy) is 1. The van der Waals surface area contributed by atoms with Gasteiger partial charge < -0.3 is 25.7 Å². The van der Waals surface area contributed by atoms with Crippen LogP contribution in [0.3, 0.4) is 0 Å². The van der Waals surface area contributed by atoms with Crippen molar-refractivity contribution in [3.05, 3.63) is 53.7 Å². The second-order valence-electron chi connectivity index (χ2n) is 6.78. The summed E-state index contributed by atoms with van der Waals surface area (Å²) in [7, 11) is -0.945. The average molecular weight is 459 g/mol. The summed E-state index contributed by atoms with van der Waals surface area (Å²) in [6, 6.07) is 10.9. The third-order valence-electron chi connectivity index (χ3n) is 4.65. The highest BCUT2D eigenvalue weighted by Crippen LogP contribution is 2.41. The van der Waals surface area contributed by atoms with E-state index in [1.165, 1.54) is 13.2 Å². The molecule has 0 spiro atoms. The summed E-state index contributed by atoms with van der Waals surface area (Å²) in [5.41, 5.74) is 15.0. The van der Waals surface area contributed by atoms with Crippen LogP contribution in [0, 0.1) is 0 Å². The van der Waals surface area contributed by atoms with Crippen molar-refractivity contribution in [3.8, 4) is 22.6 Å². The molecule has 1 heterocycles. The number of anilines is 3. The van der Waals surface area contributed by atoms with Crippen molar-refractivity contribution >= 4 is 27.8 Å². The first-order valence-corrected chi connectivity index (χ1v) is 11.2. The second kappa shape index (κ2) is 9.71. The molecule has 0 amide bonds. The van der Waals surface area contributed by atoms with Gasteiger partial charge in [-0.1, -0.05) is 12.1 Å². The van der Waals surface area contributed by atoms with Crippen LogP contribution in [0.1, 0.15) is 18.1 Å². The lowest BCUT2D eigenvalue weighted by Gasteiger charge is -2.18. The smallest absolute Gasteiger partial charge is 0.382 e. The molecule has 11 heteroatoms. The number of aromatic nitrogens is 2. The maximum Gasteiger partial charge on any atom is 0.382 e. The quantitative estimate of drug-likeness (QED) is 0.377. The molecule has 0 saturated heterocycles. The summed E-state index contributed by atoms with van der Waals surface area (Å²) in [6.45, 7) is 2.22. The number of nitrogens with two attached hydrogens (primary N) is 2. The van der Waals surface area contributed by atoms with Crippen molar-refractivity contribution in [3.63, 3.8) is 0 Å². The summed E-state index contributed by atoms with van der Waals surface area (Å²) < 4.78 is 37.9. The van der Waals surface area contributed by atoms with Gasteiger partial charge in [0, 0.05) is 38.0 Å². The third kappa shape index (κ3) is 5.37. The monoisotopic (exact) mass is 458 g/mol. The Balaban J connectivity index is 2.17. The standard InChI is InChI=1S/C21H26N6O4S/c1-4-30-17-10-13(9-15-12-26-21(23)27-20(15)22)11-18(31-32(28,29)25-3)19(17)14-5-7-16(24-2)8-6-14/h5-8,10-12,24-25H,4,9H2,1-3H3,(H4,22,23,26,27). The van der Waals surface area contributed by atoms with E-state index in [9.17, 15) is 8.42 Å². The predicted molar refractivity (Wildman–Crippen MR) is 125 cm³/mol. The third-order valence-corrected chi connectivity index (χ3v) is 5.55. The minimum atomic E-state index is -4.03. The van der Waals surface area contributed by atoms with Gasteiger partial charge in [-0.05, 0) is 42.3 Å². The first-order chi connectivity index (χ1) is 15.3. The Labute approximate surface area is 187 Å². The predicted octanol–water partition coefficient (Wildman–Crippen LogP) is 2.18. The van der Waals surface area contributed by atoms with Gasteiger partial charge in [0.2, 0.25) is 5.95 Å². The first kappa shape index (κ1) is 23.1. The Morgan fingerprint density at radius 1 is 1.06 bits per heavy atom. The summed E-state index contributed by atoms with van der Waals surface area (Å²) in [6.07, 6.45) is 1.86. The number of benzene rings is 2. The molecule has 1 aromatic heterocycles. The van der Waals surface area contributed by atoms with Gasteiger partial charge in [-0.15, -0.1) is 0 Å². The molecule has 0 bridgehead atoms. The van der Waals surface area contributed by atoms with E-state index in [1.807, 2.05) is 44.3 Å². The van der Waals surface area contributed by atoms with E-state index in [-0.39, 0.29) is 17.5 Å². The van der Waals surface area contributed by atoms with Crippen molar-refractivity contribution in [1.29, 1.82) is 0 Å². The van der Waals surface area contributed by atoms with Crippen LogP contribution in [0.5, 0.6) is 11.5 Å². The minimum Gasteiger partial charge on any atom is -0.493 e. The van der Waals surface area contributed by atoms with E-state index < -0.39 is 10.3 Å².